The second-order valence-electron chi connectivity index (χ2n) is 5.64. The molecule has 0 unspecified atom stereocenters. The van der Waals surface area contributed by atoms with Crippen LogP contribution in [-0.4, -0.2) is 21.0 Å². The van der Waals surface area contributed by atoms with Gasteiger partial charge in [0.1, 0.15) is 18.2 Å². The highest BCUT2D eigenvalue weighted by Gasteiger charge is 2.27. The minimum atomic E-state index is -0.565. The maximum Gasteiger partial charge on any atom is 0.373 e. The first-order chi connectivity index (χ1) is 11.6. The summed E-state index contributed by atoms with van der Waals surface area (Å²) < 4.78 is 18.7. The summed E-state index contributed by atoms with van der Waals surface area (Å²) in [5.74, 6) is -0.405. The van der Waals surface area contributed by atoms with Gasteiger partial charge in [-0.25, -0.2) is 9.37 Å². The van der Waals surface area contributed by atoms with Crippen molar-refractivity contribution in [1.29, 1.82) is 0 Å². The molecule has 0 radical (unpaired) electrons. The van der Waals surface area contributed by atoms with Crippen molar-refractivity contribution in [3.8, 4) is 5.88 Å². The molecular weight excluding hydrogens is 315 g/mol. The van der Waals surface area contributed by atoms with Gasteiger partial charge in [0.25, 0.3) is 5.88 Å². The van der Waals surface area contributed by atoms with E-state index in [1.807, 2.05) is 0 Å². The predicted octanol–water partition coefficient (Wildman–Crippen LogP) is 3.98. The van der Waals surface area contributed by atoms with E-state index in [-0.39, 0.29) is 29.3 Å². The summed E-state index contributed by atoms with van der Waals surface area (Å²) in [7, 11) is 0. The quantitative estimate of drug-likeness (QED) is 0.658. The van der Waals surface area contributed by atoms with Crippen LogP contribution in [0, 0.1) is 15.9 Å². The van der Waals surface area contributed by atoms with Gasteiger partial charge in [-0.05, 0) is 49.9 Å². The second-order valence-corrected chi connectivity index (χ2v) is 5.64. The Balaban J connectivity index is 1.86. The first-order valence-electron chi connectivity index (χ1n) is 7.82. The third-order valence-electron chi connectivity index (χ3n) is 3.91. The third-order valence-corrected chi connectivity index (χ3v) is 3.91. The lowest BCUT2D eigenvalue weighted by Crippen LogP contribution is -2.21. The van der Waals surface area contributed by atoms with E-state index in [1.54, 1.807) is 0 Å². The van der Waals surface area contributed by atoms with E-state index >= 15 is 0 Å². The van der Waals surface area contributed by atoms with Crippen molar-refractivity contribution in [1.82, 2.24) is 9.97 Å². The number of hydrogen-bond donors (Lipinski definition) is 1. The van der Waals surface area contributed by atoms with Crippen LogP contribution in [0.25, 0.3) is 0 Å². The molecule has 0 aliphatic heterocycles. The molecule has 1 aliphatic rings. The fraction of sp³-hybridized carbons (Fsp3) is 0.375. The summed E-state index contributed by atoms with van der Waals surface area (Å²) in [5, 5.41) is 14.3. The summed E-state index contributed by atoms with van der Waals surface area (Å²) in [5.41, 5.74) is 0.175. The van der Waals surface area contributed by atoms with E-state index in [0.717, 1.165) is 32.1 Å². The van der Waals surface area contributed by atoms with Gasteiger partial charge in [-0.15, -0.1) is 0 Å². The lowest BCUT2D eigenvalue weighted by atomic mass is 9.98. The van der Waals surface area contributed by atoms with Crippen LogP contribution in [0.4, 0.5) is 21.6 Å². The molecule has 24 heavy (non-hydrogen) atoms. The number of rotatable bonds is 5. The largest absolute Gasteiger partial charge is 0.469 e. The van der Waals surface area contributed by atoms with Gasteiger partial charge in [0, 0.05) is 5.69 Å². The minimum Gasteiger partial charge on any atom is -0.469 e. The lowest BCUT2D eigenvalue weighted by molar-refractivity contribution is -0.385. The van der Waals surface area contributed by atoms with Gasteiger partial charge in [-0.3, -0.25) is 10.1 Å². The smallest absolute Gasteiger partial charge is 0.373 e. The first-order valence-corrected chi connectivity index (χ1v) is 7.82. The van der Waals surface area contributed by atoms with Crippen LogP contribution in [0.5, 0.6) is 5.88 Å². The van der Waals surface area contributed by atoms with Gasteiger partial charge in [0.15, 0.2) is 0 Å². The van der Waals surface area contributed by atoms with Crippen molar-refractivity contribution in [2.75, 3.05) is 5.32 Å². The van der Waals surface area contributed by atoms with Crippen molar-refractivity contribution >= 4 is 17.2 Å². The fourth-order valence-corrected chi connectivity index (χ4v) is 2.72. The Bertz CT molecular complexity index is 718. The molecule has 0 saturated heterocycles. The molecule has 0 spiro atoms. The zero-order chi connectivity index (χ0) is 16.9. The van der Waals surface area contributed by atoms with Crippen LogP contribution in [0.1, 0.15) is 32.1 Å². The summed E-state index contributed by atoms with van der Waals surface area (Å²) in [4.78, 5) is 18.8. The van der Waals surface area contributed by atoms with Crippen molar-refractivity contribution < 1.29 is 14.1 Å². The predicted molar refractivity (Wildman–Crippen MR) is 85.9 cm³/mol. The Hall–Kier alpha value is -2.77. The SMILES string of the molecule is O=[N+]([O-])c1c(Nc2ccc(F)cc2)ncnc1OC1CCCCC1. The van der Waals surface area contributed by atoms with E-state index < -0.39 is 4.92 Å². The van der Waals surface area contributed by atoms with Gasteiger partial charge < -0.3 is 10.1 Å². The Kier molecular flexibility index (Phi) is 4.83. The monoisotopic (exact) mass is 332 g/mol. The number of hydrogen-bond acceptors (Lipinski definition) is 6. The summed E-state index contributed by atoms with van der Waals surface area (Å²) >= 11 is 0. The van der Waals surface area contributed by atoms with E-state index in [0.29, 0.717) is 5.69 Å². The molecule has 0 bridgehead atoms. The average Bonchev–Trinajstić information content (AvgIpc) is 2.58. The fourth-order valence-electron chi connectivity index (χ4n) is 2.72. The number of halogens is 1. The first kappa shape index (κ1) is 16.1. The number of aromatic nitrogens is 2. The van der Waals surface area contributed by atoms with Crippen LogP contribution in [0.15, 0.2) is 30.6 Å². The second kappa shape index (κ2) is 7.20. The maximum atomic E-state index is 13.0. The van der Waals surface area contributed by atoms with Crippen LogP contribution in [0.2, 0.25) is 0 Å². The number of ether oxygens (including phenoxy) is 1. The van der Waals surface area contributed by atoms with Crippen LogP contribution >= 0.6 is 0 Å². The van der Waals surface area contributed by atoms with E-state index in [9.17, 15) is 14.5 Å². The molecule has 1 aromatic heterocycles. The Labute approximate surface area is 138 Å². The molecule has 126 valence electrons. The molecule has 0 amide bonds. The summed E-state index contributed by atoms with van der Waals surface area (Å²) in [6.45, 7) is 0. The Morgan fingerprint density at radius 1 is 1.17 bits per heavy atom. The third kappa shape index (κ3) is 3.76. The van der Waals surface area contributed by atoms with Crippen LogP contribution < -0.4 is 10.1 Å². The highest BCUT2D eigenvalue weighted by Crippen LogP contribution is 2.34. The van der Waals surface area contributed by atoms with Gasteiger partial charge in [-0.1, -0.05) is 6.42 Å². The molecule has 1 aliphatic carbocycles. The van der Waals surface area contributed by atoms with Gasteiger partial charge in [0.05, 0.1) is 4.92 Å². The molecular formula is C16H17FN4O3. The Morgan fingerprint density at radius 2 is 1.88 bits per heavy atom. The van der Waals surface area contributed by atoms with Crippen molar-refractivity contribution in [2.45, 2.75) is 38.2 Å². The van der Waals surface area contributed by atoms with Gasteiger partial charge >= 0.3 is 5.69 Å². The van der Waals surface area contributed by atoms with Crippen LogP contribution in [-0.2, 0) is 0 Å². The maximum absolute atomic E-state index is 13.0. The van der Waals surface area contributed by atoms with Crippen molar-refractivity contribution in [3.63, 3.8) is 0 Å². The standard InChI is InChI=1S/C16H17FN4O3/c17-11-6-8-12(9-7-11)20-15-14(21(22)23)16(19-10-18-15)24-13-4-2-1-3-5-13/h6-10,13H,1-5H2,(H,18,19,20). The van der Waals surface area contributed by atoms with Crippen molar-refractivity contribution in [2.24, 2.45) is 0 Å². The molecule has 1 aromatic carbocycles. The lowest BCUT2D eigenvalue weighted by Gasteiger charge is -2.22. The summed E-state index contributed by atoms with van der Waals surface area (Å²) in [6.07, 6.45) is 6.13. The van der Waals surface area contributed by atoms with Gasteiger partial charge in [-0.2, -0.15) is 4.98 Å². The number of nitrogens with zero attached hydrogens (tertiary/aromatic N) is 3. The molecule has 1 fully saturated rings. The van der Waals surface area contributed by atoms with Gasteiger partial charge in [0.2, 0.25) is 5.82 Å². The number of benzene rings is 1. The summed E-state index contributed by atoms with van der Waals surface area (Å²) in [6, 6.07) is 5.47. The molecule has 2 aromatic rings. The molecule has 7 nitrogen and oxygen atoms in total. The van der Waals surface area contributed by atoms with E-state index in [1.165, 1.54) is 30.6 Å². The Morgan fingerprint density at radius 3 is 2.54 bits per heavy atom. The van der Waals surface area contributed by atoms with Crippen LogP contribution in [0.3, 0.4) is 0 Å². The number of nitro groups is 1. The zero-order valence-electron chi connectivity index (χ0n) is 12.9. The molecule has 1 heterocycles. The minimum absolute atomic E-state index is 0.0208. The molecule has 0 atom stereocenters. The topological polar surface area (TPSA) is 90.2 Å². The number of anilines is 2. The van der Waals surface area contributed by atoms with Crippen molar-refractivity contribution in [3.05, 3.63) is 46.5 Å². The zero-order valence-corrected chi connectivity index (χ0v) is 12.9. The normalized spacial score (nSPS) is 15.0. The number of nitrogens with one attached hydrogen (secondary N) is 1. The van der Waals surface area contributed by atoms with E-state index in [4.69, 9.17) is 4.74 Å². The highest BCUT2D eigenvalue weighted by molar-refractivity contribution is 5.68. The molecule has 1 N–H and O–H groups in total. The molecule has 8 heteroatoms. The molecule has 1 saturated carbocycles. The molecule has 3 rings (SSSR count). The van der Waals surface area contributed by atoms with E-state index in [2.05, 4.69) is 15.3 Å². The average molecular weight is 332 g/mol. The highest BCUT2D eigenvalue weighted by atomic mass is 19.1.